The predicted octanol–water partition coefficient (Wildman–Crippen LogP) is 1.86. The van der Waals surface area contributed by atoms with Crippen LogP contribution in [-0.4, -0.2) is 12.8 Å². The van der Waals surface area contributed by atoms with Gasteiger partial charge in [-0.25, -0.2) is 4.79 Å². The first-order chi connectivity index (χ1) is 4.81. The third-order valence-corrected chi connectivity index (χ3v) is 0.641. The van der Waals surface area contributed by atoms with Gasteiger partial charge in [-0.2, -0.15) is 0 Å². The molecule has 0 fully saturated rings. The normalized spacial score (nSPS) is 9.30. The number of hydrogen-bond donors (Lipinski definition) is 0. The second-order valence-corrected chi connectivity index (χ2v) is 1.37. The summed E-state index contributed by atoms with van der Waals surface area (Å²) in [6, 6.07) is 0. The summed E-state index contributed by atoms with van der Waals surface area (Å²) >= 11 is 0. The van der Waals surface area contributed by atoms with Crippen molar-refractivity contribution in [1.29, 1.82) is 0 Å². The Bertz CT molecular complexity index is 138. The van der Waals surface area contributed by atoms with E-state index in [9.17, 15) is 4.79 Å². The van der Waals surface area contributed by atoms with Gasteiger partial charge in [-0.3, -0.25) is 0 Å². The summed E-state index contributed by atoms with van der Waals surface area (Å²) in [5, 5.41) is 0. The molecule has 0 unspecified atom stereocenters. The van der Waals surface area contributed by atoms with Crippen LogP contribution in [0, 0.1) is 0 Å². The van der Waals surface area contributed by atoms with Gasteiger partial charge in [-0.1, -0.05) is 12.7 Å². The quantitative estimate of drug-likeness (QED) is 0.342. The molecule has 3 heteroatoms. The molecule has 56 valence electrons. The maximum atomic E-state index is 10.4. The molecule has 10 heavy (non-hydrogen) atoms. The molecular formula is C7H10O3. The van der Waals surface area contributed by atoms with Crippen LogP contribution in [-0.2, 0) is 9.47 Å². The van der Waals surface area contributed by atoms with E-state index < -0.39 is 6.16 Å². The van der Waals surface area contributed by atoms with Crippen molar-refractivity contribution in [3.63, 3.8) is 0 Å². The van der Waals surface area contributed by atoms with Crippen LogP contribution in [0.3, 0.4) is 0 Å². The minimum Gasteiger partial charge on any atom is -0.434 e. The highest BCUT2D eigenvalue weighted by atomic mass is 16.7. The highest BCUT2D eigenvalue weighted by Gasteiger charge is 1.95. The van der Waals surface area contributed by atoms with Crippen LogP contribution in [0.4, 0.5) is 4.79 Å². The van der Waals surface area contributed by atoms with E-state index in [4.69, 9.17) is 0 Å². The Morgan fingerprint density at radius 1 is 1.70 bits per heavy atom. The lowest BCUT2D eigenvalue weighted by atomic mass is 10.6. The molecule has 0 aromatic carbocycles. The fourth-order valence-electron chi connectivity index (χ4n) is 0.302. The number of carbonyl (C=O) groups is 1. The number of carbonyl (C=O) groups excluding carboxylic acids is 1. The largest absolute Gasteiger partial charge is 0.513 e. The second-order valence-electron chi connectivity index (χ2n) is 1.37. The minimum absolute atomic E-state index is 0.320. The van der Waals surface area contributed by atoms with E-state index in [0.29, 0.717) is 6.61 Å². The third-order valence-electron chi connectivity index (χ3n) is 0.641. The van der Waals surface area contributed by atoms with Crippen molar-refractivity contribution >= 4 is 6.16 Å². The second kappa shape index (κ2) is 5.88. The molecule has 0 aromatic heterocycles. The molecule has 0 saturated carbocycles. The first kappa shape index (κ1) is 8.75. The van der Waals surface area contributed by atoms with Crippen molar-refractivity contribution < 1.29 is 14.3 Å². The molecule has 3 nitrogen and oxygen atoms in total. The van der Waals surface area contributed by atoms with Crippen molar-refractivity contribution in [3.05, 3.63) is 25.0 Å². The van der Waals surface area contributed by atoms with Crippen LogP contribution < -0.4 is 0 Å². The molecule has 0 amide bonds. The lowest BCUT2D eigenvalue weighted by Gasteiger charge is -1.96. The minimum atomic E-state index is -0.694. The molecule has 0 saturated heterocycles. The Balaban J connectivity index is 3.38. The van der Waals surface area contributed by atoms with Crippen molar-refractivity contribution in [3.8, 4) is 0 Å². The highest BCUT2D eigenvalue weighted by Crippen LogP contribution is 1.85. The van der Waals surface area contributed by atoms with E-state index in [2.05, 4.69) is 16.1 Å². The summed E-state index contributed by atoms with van der Waals surface area (Å²) in [5.74, 6) is 0. The van der Waals surface area contributed by atoms with Crippen LogP contribution in [0.1, 0.15) is 6.92 Å². The van der Waals surface area contributed by atoms with Gasteiger partial charge < -0.3 is 9.47 Å². The molecule has 0 rings (SSSR count). The summed E-state index contributed by atoms with van der Waals surface area (Å²) in [4.78, 5) is 10.4. The van der Waals surface area contributed by atoms with Crippen LogP contribution in [0.15, 0.2) is 25.0 Å². The fraction of sp³-hybridized carbons (Fsp3) is 0.286. The number of ether oxygens (including phenoxy) is 2. The van der Waals surface area contributed by atoms with Crippen LogP contribution in [0.2, 0.25) is 0 Å². The lowest BCUT2D eigenvalue weighted by Crippen LogP contribution is -2.01. The molecule has 0 atom stereocenters. The summed E-state index contributed by atoms with van der Waals surface area (Å²) in [6.45, 7) is 5.41. The van der Waals surface area contributed by atoms with Crippen molar-refractivity contribution in [2.75, 3.05) is 6.61 Å². The van der Waals surface area contributed by atoms with Crippen LogP contribution >= 0.6 is 0 Å². The Labute approximate surface area is 59.9 Å². The average molecular weight is 142 g/mol. The third kappa shape index (κ3) is 4.90. The van der Waals surface area contributed by atoms with Gasteiger partial charge in [0, 0.05) is 0 Å². The van der Waals surface area contributed by atoms with E-state index in [1.54, 1.807) is 6.92 Å². The highest BCUT2D eigenvalue weighted by molar-refractivity contribution is 5.60. The molecule has 0 spiro atoms. The number of hydrogen-bond acceptors (Lipinski definition) is 3. The zero-order chi connectivity index (χ0) is 7.82. The maximum absolute atomic E-state index is 10.4. The average Bonchev–Trinajstić information content (AvgIpc) is 1.89. The fourth-order valence-corrected chi connectivity index (χ4v) is 0.302. The Hall–Kier alpha value is -1.25. The van der Waals surface area contributed by atoms with Gasteiger partial charge >= 0.3 is 6.16 Å². The van der Waals surface area contributed by atoms with Crippen molar-refractivity contribution in [2.24, 2.45) is 0 Å². The standard InChI is InChI=1S/C7H10O3/c1-3-5-6-10-7(8)9-4-2/h3,5-6H,1,4H2,2H3/b6-5+. The predicted molar refractivity (Wildman–Crippen MR) is 37.4 cm³/mol. The van der Waals surface area contributed by atoms with Gasteiger partial charge in [0.05, 0.1) is 12.9 Å². The first-order valence-corrected chi connectivity index (χ1v) is 2.92. The maximum Gasteiger partial charge on any atom is 0.513 e. The molecule has 0 N–H and O–H groups in total. The molecule has 0 radical (unpaired) electrons. The number of rotatable bonds is 3. The molecule has 0 heterocycles. The molecular weight excluding hydrogens is 132 g/mol. The van der Waals surface area contributed by atoms with Crippen molar-refractivity contribution in [1.82, 2.24) is 0 Å². The Kier molecular flexibility index (Phi) is 5.14. The van der Waals surface area contributed by atoms with E-state index in [1.165, 1.54) is 18.4 Å². The van der Waals surface area contributed by atoms with Crippen LogP contribution in [0.25, 0.3) is 0 Å². The monoisotopic (exact) mass is 142 g/mol. The lowest BCUT2D eigenvalue weighted by molar-refractivity contribution is 0.0894. The zero-order valence-corrected chi connectivity index (χ0v) is 5.87. The summed E-state index contributed by atoms with van der Waals surface area (Å²) < 4.78 is 8.85. The molecule has 0 aliphatic heterocycles. The molecule has 0 aliphatic rings. The molecule has 0 aliphatic carbocycles. The van der Waals surface area contributed by atoms with Crippen molar-refractivity contribution in [2.45, 2.75) is 6.92 Å². The van der Waals surface area contributed by atoms with Gasteiger partial charge in [0.2, 0.25) is 0 Å². The van der Waals surface area contributed by atoms with Crippen LogP contribution in [0.5, 0.6) is 0 Å². The number of allylic oxidation sites excluding steroid dienone is 2. The zero-order valence-electron chi connectivity index (χ0n) is 5.87. The SMILES string of the molecule is C=C/C=C/OC(=O)OCC. The van der Waals surface area contributed by atoms with E-state index in [1.807, 2.05) is 0 Å². The van der Waals surface area contributed by atoms with Gasteiger partial charge in [0.1, 0.15) is 0 Å². The Morgan fingerprint density at radius 3 is 2.90 bits per heavy atom. The molecule has 0 bridgehead atoms. The molecule has 0 aromatic rings. The van der Waals surface area contributed by atoms with E-state index in [-0.39, 0.29) is 0 Å². The van der Waals surface area contributed by atoms with Gasteiger partial charge in [0.15, 0.2) is 0 Å². The summed E-state index contributed by atoms with van der Waals surface area (Å²) in [6.07, 6.45) is 3.52. The smallest absolute Gasteiger partial charge is 0.434 e. The summed E-state index contributed by atoms with van der Waals surface area (Å²) in [7, 11) is 0. The van der Waals surface area contributed by atoms with E-state index >= 15 is 0 Å². The van der Waals surface area contributed by atoms with Gasteiger partial charge in [0.25, 0.3) is 0 Å². The van der Waals surface area contributed by atoms with Gasteiger partial charge in [-0.15, -0.1) is 0 Å². The Morgan fingerprint density at radius 2 is 2.40 bits per heavy atom. The topological polar surface area (TPSA) is 35.5 Å². The van der Waals surface area contributed by atoms with E-state index in [0.717, 1.165) is 0 Å². The first-order valence-electron chi connectivity index (χ1n) is 2.92. The summed E-state index contributed by atoms with van der Waals surface area (Å²) in [5.41, 5.74) is 0. The van der Waals surface area contributed by atoms with Gasteiger partial charge in [-0.05, 0) is 13.0 Å².